The lowest BCUT2D eigenvalue weighted by atomic mass is 9.94. The summed E-state index contributed by atoms with van der Waals surface area (Å²) in [5.41, 5.74) is 15.3. The largest absolute Gasteiger partial charge is 0.454 e. The molecule has 14 rings (SSSR count). The number of hydrogen-bond donors (Lipinski definition) is 0. The highest BCUT2D eigenvalue weighted by Gasteiger charge is 2.21. The summed E-state index contributed by atoms with van der Waals surface area (Å²) in [6.45, 7) is 0. The molecule has 0 aliphatic carbocycles. The Kier molecular flexibility index (Phi) is 8.79. The minimum absolute atomic E-state index is 0.594. The van der Waals surface area contributed by atoms with Gasteiger partial charge in [-0.1, -0.05) is 164 Å². The molecule has 14 aromatic rings. The van der Waals surface area contributed by atoms with Crippen LogP contribution in [0.15, 0.2) is 241 Å². The van der Waals surface area contributed by atoms with Gasteiger partial charge in [-0.3, -0.25) is 0 Å². The lowest BCUT2D eigenvalue weighted by Gasteiger charge is -2.14. The van der Waals surface area contributed by atoms with Crippen molar-refractivity contribution >= 4 is 65.6 Å². The van der Waals surface area contributed by atoms with Gasteiger partial charge in [-0.15, -0.1) is 0 Å². The molecule has 0 radical (unpaired) electrons. The smallest absolute Gasteiger partial charge is 0.164 e. The normalized spacial score (nSPS) is 11.8. The number of furan rings is 1. The third-order valence-corrected chi connectivity index (χ3v) is 13.5. The van der Waals surface area contributed by atoms with Crippen molar-refractivity contribution in [2.24, 2.45) is 0 Å². The Morgan fingerprint density at radius 3 is 1.33 bits per heavy atom. The first kappa shape index (κ1) is 38.8. The fourth-order valence-electron chi connectivity index (χ4n) is 10.3. The summed E-state index contributed by atoms with van der Waals surface area (Å²) in [5, 5.41) is 6.90. The van der Waals surface area contributed by atoms with Gasteiger partial charge in [-0.2, -0.15) is 0 Å². The average molecular weight is 882 g/mol. The van der Waals surface area contributed by atoms with Crippen molar-refractivity contribution in [1.29, 1.82) is 0 Å². The van der Waals surface area contributed by atoms with Gasteiger partial charge in [0.25, 0.3) is 0 Å². The summed E-state index contributed by atoms with van der Waals surface area (Å²) in [5.74, 6) is 1.83. The van der Waals surface area contributed by atoms with Crippen LogP contribution < -0.4 is 0 Å². The van der Waals surface area contributed by atoms with Gasteiger partial charge in [-0.25, -0.2) is 15.0 Å². The van der Waals surface area contributed by atoms with Crippen LogP contribution in [0.2, 0.25) is 0 Å². The molecule has 10 aromatic carbocycles. The maximum atomic E-state index is 6.73. The van der Waals surface area contributed by atoms with Crippen LogP contribution in [-0.2, 0) is 0 Å². The molecule has 0 bridgehead atoms. The van der Waals surface area contributed by atoms with Crippen molar-refractivity contribution in [2.75, 3.05) is 0 Å². The Morgan fingerprint density at radius 1 is 0.275 bits per heavy atom. The third kappa shape index (κ3) is 6.38. The summed E-state index contributed by atoms with van der Waals surface area (Å²) in [6, 6.07) is 83.5. The van der Waals surface area contributed by atoms with E-state index < -0.39 is 0 Å². The van der Waals surface area contributed by atoms with Crippen LogP contribution in [0.3, 0.4) is 0 Å². The molecule has 69 heavy (non-hydrogen) atoms. The fourth-order valence-corrected chi connectivity index (χ4v) is 10.3. The third-order valence-electron chi connectivity index (χ3n) is 13.5. The highest BCUT2D eigenvalue weighted by atomic mass is 16.3. The van der Waals surface area contributed by atoms with E-state index in [-0.39, 0.29) is 0 Å². The average Bonchev–Trinajstić information content (AvgIpc) is 4.09. The molecule has 0 aliphatic heterocycles. The Morgan fingerprint density at radius 2 is 0.710 bits per heavy atom. The molecule has 4 heterocycles. The molecular weight excluding hydrogens is 843 g/mol. The molecule has 0 saturated heterocycles. The Balaban J connectivity index is 1.03. The number of fused-ring (bicyclic) bond motifs is 10. The molecule has 0 unspecified atom stereocenters. The zero-order valence-electron chi connectivity index (χ0n) is 37.2. The Labute approximate surface area is 396 Å². The predicted octanol–water partition coefficient (Wildman–Crippen LogP) is 16.3. The quantitative estimate of drug-likeness (QED) is 0.160. The number of aromatic nitrogens is 5. The second kappa shape index (κ2) is 15.6. The number of benzene rings is 10. The second-order valence-electron chi connectivity index (χ2n) is 17.6. The Hall–Kier alpha value is -9.39. The van der Waals surface area contributed by atoms with Gasteiger partial charge >= 0.3 is 0 Å². The van der Waals surface area contributed by atoms with Gasteiger partial charge in [-0.05, 0) is 95.1 Å². The van der Waals surface area contributed by atoms with Gasteiger partial charge < -0.3 is 13.6 Å². The number of para-hydroxylation sites is 4. The van der Waals surface area contributed by atoms with Gasteiger partial charge in [0.2, 0.25) is 0 Å². The highest BCUT2D eigenvalue weighted by Crippen LogP contribution is 2.43. The zero-order chi connectivity index (χ0) is 45.4. The van der Waals surface area contributed by atoms with Crippen LogP contribution in [0.5, 0.6) is 0 Å². The van der Waals surface area contributed by atoms with Crippen LogP contribution in [0, 0.1) is 0 Å². The molecule has 0 fully saturated rings. The standard InChI is InChI=1S/C63H39N5O/c1-5-17-40(18-6-1)61-64-62(41-19-7-2-8-20-41)66-63(65-61)46-36-44(42-29-31-50-49-25-13-15-27-55(49)67(56(50)38-42)47-21-9-3-10-22-47)35-45(37-46)43-30-32-51-53-33-34-54-52-26-14-16-28-58(52)69-60(54)59(53)68(57(51)39-43)48-23-11-4-12-24-48/h1-39H. The van der Waals surface area contributed by atoms with Crippen LogP contribution in [-0.4, -0.2) is 24.1 Å². The van der Waals surface area contributed by atoms with Gasteiger partial charge in [0.05, 0.1) is 22.1 Å². The van der Waals surface area contributed by atoms with Gasteiger partial charge in [0, 0.05) is 60.4 Å². The minimum atomic E-state index is 0.594. The fraction of sp³-hybridized carbons (Fsp3) is 0. The molecule has 0 aliphatic rings. The van der Waals surface area contributed by atoms with Crippen LogP contribution in [0.1, 0.15) is 0 Å². The number of rotatable bonds is 7. The molecular formula is C63H39N5O. The van der Waals surface area contributed by atoms with E-state index in [2.05, 4.69) is 203 Å². The Bertz CT molecular complexity index is 4230. The summed E-state index contributed by atoms with van der Waals surface area (Å²) < 4.78 is 11.5. The van der Waals surface area contributed by atoms with Crippen LogP contribution in [0.25, 0.3) is 133 Å². The molecule has 0 N–H and O–H groups in total. The predicted molar refractivity (Wildman–Crippen MR) is 283 cm³/mol. The first-order chi connectivity index (χ1) is 34.2. The zero-order valence-corrected chi connectivity index (χ0v) is 37.2. The van der Waals surface area contributed by atoms with E-state index in [4.69, 9.17) is 19.4 Å². The first-order valence-corrected chi connectivity index (χ1v) is 23.3. The molecule has 0 spiro atoms. The SMILES string of the molecule is c1ccc(-c2nc(-c3ccccc3)nc(-c3cc(-c4ccc5c6ccccc6n(-c6ccccc6)c5c4)cc(-c4ccc5c6ccc7c8ccccc8oc7c6n(-c6ccccc6)c5c4)c3)n2)cc1. The van der Waals surface area contributed by atoms with E-state index in [1.165, 1.54) is 16.3 Å². The molecule has 0 amide bonds. The van der Waals surface area contributed by atoms with E-state index in [9.17, 15) is 0 Å². The monoisotopic (exact) mass is 881 g/mol. The van der Waals surface area contributed by atoms with Crippen LogP contribution in [0.4, 0.5) is 0 Å². The minimum Gasteiger partial charge on any atom is -0.454 e. The molecule has 4 aromatic heterocycles. The van der Waals surface area contributed by atoms with Crippen molar-refractivity contribution in [3.8, 4) is 67.8 Å². The van der Waals surface area contributed by atoms with E-state index in [1.807, 2.05) is 42.5 Å². The topological polar surface area (TPSA) is 61.7 Å². The maximum Gasteiger partial charge on any atom is 0.164 e. The number of nitrogens with zero attached hydrogens (tertiary/aromatic N) is 5. The van der Waals surface area contributed by atoms with Crippen molar-refractivity contribution in [1.82, 2.24) is 24.1 Å². The molecule has 0 saturated carbocycles. The van der Waals surface area contributed by atoms with E-state index in [1.54, 1.807) is 0 Å². The highest BCUT2D eigenvalue weighted by molar-refractivity contribution is 6.22. The van der Waals surface area contributed by atoms with Crippen molar-refractivity contribution in [3.63, 3.8) is 0 Å². The lowest BCUT2D eigenvalue weighted by molar-refractivity contribution is 0.671. The summed E-state index contributed by atoms with van der Waals surface area (Å²) in [4.78, 5) is 15.5. The molecule has 0 atom stereocenters. The van der Waals surface area contributed by atoms with Crippen LogP contribution >= 0.6 is 0 Å². The van der Waals surface area contributed by atoms with Gasteiger partial charge in [0.1, 0.15) is 5.58 Å². The van der Waals surface area contributed by atoms with Gasteiger partial charge in [0.15, 0.2) is 23.1 Å². The molecule has 322 valence electrons. The summed E-state index contributed by atoms with van der Waals surface area (Å²) >= 11 is 0. The van der Waals surface area contributed by atoms with E-state index in [0.717, 1.165) is 99.6 Å². The van der Waals surface area contributed by atoms with E-state index in [0.29, 0.717) is 17.5 Å². The molecule has 6 nitrogen and oxygen atoms in total. The first-order valence-electron chi connectivity index (χ1n) is 23.3. The van der Waals surface area contributed by atoms with Crippen molar-refractivity contribution in [2.45, 2.75) is 0 Å². The summed E-state index contributed by atoms with van der Waals surface area (Å²) in [7, 11) is 0. The molecule has 6 heteroatoms. The number of hydrogen-bond acceptors (Lipinski definition) is 4. The van der Waals surface area contributed by atoms with Crippen molar-refractivity contribution in [3.05, 3.63) is 237 Å². The summed E-state index contributed by atoms with van der Waals surface area (Å²) in [6.07, 6.45) is 0. The van der Waals surface area contributed by atoms with E-state index >= 15 is 0 Å². The maximum absolute atomic E-state index is 6.73. The van der Waals surface area contributed by atoms with Crippen molar-refractivity contribution < 1.29 is 4.42 Å². The second-order valence-corrected chi connectivity index (χ2v) is 17.6. The lowest BCUT2D eigenvalue weighted by Crippen LogP contribution is -2.00.